The number of rotatable bonds is 4. The first-order chi connectivity index (χ1) is 16.0. The molecule has 1 aliphatic rings. The highest BCUT2D eigenvalue weighted by molar-refractivity contribution is 6.30. The summed E-state index contributed by atoms with van der Waals surface area (Å²) in [4.78, 5) is 18.1. The highest BCUT2D eigenvalue weighted by Crippen LogP contribution is 2.37. The molecular weight excluding hydrogens is 438 g/mol. The van der Waals surface area contributed by atoms with E-state index in [1.165, 1.54) is 0 Å². The van der Waals surface area contributed by atoms with Crippen LogP contribution in [-0.4, -0.2) is 25.8 Å². The Hall–Kier alpha value is -4.10. The Morgan fingerprint density at radius 2 is 1.73 bits per heavy atom. The number of fused-ring (bicyclic) bond motifs is 1. The quantitative estimate of drug-likeness (QED) is 0.390. The number of aromatic nitrogens is 3. The van der Waals surface area contributed by atoms with Crippen molar-refractivity contribution in [3.8, 4) is 17.1 Å². The van der Waals surface area contributed by atoms with Crippen molar-refractivity contribution in [3.05, 3.63) is 101 Å². The fourth-order valence-corrected chi connectivity index (χ4v) is 3.98. The minimum atomic E-state index is -0.542. The average molecular weight is 458 g/mol. The summed E-state index contributed by atoms with van der Waals surface area (Å²) >= 11 is 6.03. The van der Waals surface area contributed by atoms with Gasteiger partial charge in [-0.15, -0.1) is 5.10 Å². The third kappa shape index (κ3) is 4.06. The SMILES string of the molecule is CC1=C(C(=O)Nc2ccccc2)[C@@H](c2ccc(O)cc2)n2nc(-c3ccc(Cl)cc3)nc2N1. The molecule has 3 N–H and O–H groups in total. The summed E-state index contributed by atoms with van der Waals surface area (Å²) in [6, 6.07) is 22.7. The second kappa shape index (κ2) is 8.44. The number of para-hydroxylation sites is 1. The normalized spacial score (nSPS) is 15.0. The minimum absolute atomic E-state index is 0.143. The van der Waals surface area contributed by atoms with E-state index in [-0.39, 0.29) is 11.7 Å². The molecule has 1 aromatic heterocycles. The first-order valence-corrected chi connectivity index (χ1v) is 10.7. The molecule has 0 unspecified atom stereocenters. The summed E-state index contributed by atoms with van der Waals surface area (Å²) < 4.78 is 1.70. The number of anilines is 2. The molecule has 0 bridgehead atoms. The average Bonchev–Trinajstić information content (AvgIpc) is 3.23. The van der Waals surface area contributed by atoms with Crippen LogP contribution in [0.2, 0.25) is 5.02 Å². The van der Waals surface area contributed by atoms with E-state index in [2.05, 4.69) is 15.6 Å². The summed E-state index contributed by atoms with van der Waals surface area (Å²) in [6.07, 6.45) is 0. The van der Waals surface area contributed by atoms with Crippen molar-refractivity contribution >= 4 is 29.1 Å². The van der Waals surface area contributed by atoms with Crippen LogP contribution in [-0.2, 0) is 4.79 Å². The smallest absolute Gasteiger partial charge is 0.255 e. The van der Waals surface area contributed by atoms with Gasteiger partial charge in [0, 0.05) is 22.0 Å². The second-order valence-electron chi connectivity index (χ2n) is 7.69. The Bertz CT molecular complexity index is 1350. The maximum atomic E-state index is 13.4. The van der Waals surface area contributed by atoms with Gasteiger partial charge in [0.05, 0.1) is 5.57 Å². The lowest BCUT2D eigenvalue weighted by molar-refractivity contribution is -0.113. The Morgan fingerprint density at radius 1 is 1.03 bits per heavy atom. The molecule has 3 aromatic carbocycles. The van der Waals surface area contributed by atoms with Crippen LogP contribution in [0.25, 0.3) is 11.4 Å². The van der Waals surface area contributed by atoms with Crippen LogP contribution in [0.15, 0.2) is 90.1 Å². The number of halogens is 1. The number of hydrogen-bond acceptors (Lipinski definition) is 5. The minimum Gasteiger partial charge on any atom is -0.508 e. The zero-order valence-corrected chi connectivity index (χ0v) is 18.4. The van der Waals surface area contributed by atoms with Gasteiger partial charge >= 0.3 is 0 Å². The van der Waals surface area contributed by atoms with Gasteiger partial charge in [-0.25, -0.2) is 4.68 Å². The maximum absolute atomic E-state index is 13.4. The summed E-state index contributed by atoms with van der Waals surface area (Å²) in [5.74, 6) is 0.921. The molecular formula is C25H20ClN5O2. The maximum Gasteiger partial charge on any atom is 0.255 e. The van der Waals surface area contributed by atoms with Gasteiger partial charge in [0.2, 0.25) is 5.95 Å². The molecule has 0 aliphatic carbocycles. The fourth-order valence-electron chi connectivity index (χ4n) is 3.85. The molecule has 33 heavy (non-hydrogen) atoms. The number of hydrogen-bond donors (Lipinski definition) is 3. The van der Waals surface area contributed by atoms with Gasteiger partial charge in [-0.3, -0.25) is 4.79 Å². The van der Waals surface area contributed by atoms with Crippen molar-refractivity contribution in [1.82, 2.24) is 14.8 Å². The number of carbonyl (C=O) groups is 1. The lowest BCUT2D eigenvalue weighted by Gasteiger charge is -2.28. The number of benzene rings is 3. The molecule has 0 saturated heterocycles. The molecule has 4 aromatic rings. The van der Waals surface area contributed by atoms with Gasteiger partial charge in [0.15, 0.2) is 5.82 Å². The summed E-state index contributed by atoms with van der Waals surface area (Å²) in [5.41, 5.74) is 3.47. The van der Waals surface area contributed by atoms with Gasteiger partial charge in [0.1, 0.15) is 11.8 Å². The molecule has 8 heteroatoms. The zero-order chi connectivity index (χ0) is 22.9. The van der Waals surface area contributed by atoms with Crippen molar-refractivity contribution in [2.75, 3.05) is 10.6 Å². The molecule has 1 aliphatic heterocycles. The summed E-state index contributed by atoms with van der Waals surface area (Å²) in [7, 11) is 0. The van der Waals surface area contributed by atoms with Crippen LogP contribution < -0.4 is 10.6 Å². The number of allylic oxidation sites excluding steroid dienone is 1. The molecule has 2 heterocycles. The third-order valence-electron chi connectivity index (χ3n) is 5.44. The van der Waals surface area contributed by atoms with Crippen molar-refractivity contribution < 1.29 is 9.90 Å². The number of aromatic hydroxyl groups is 1. The van der Waals surface area contributed by atoms with Crippen molar-refractivity contribution in [2.24, 2.45) is 0 Å². The van der Waals surface area contributed by atoms with Gasteiger partial charge < -0.3 is 15.7 Å². The topological polar surface area (TPSA) is 92.1 Å². The van der Waals surface area contributed by atoms with Crippen LogP contribution in [0.5, 0.6) is 5.75 Å². The Labute approximate surface area is 195 Å². The van der Waals surface area contributed by atoms with E-state index in [0.29, 0.717) is 33.8 Å². The highest BCUT2D eigenvalue weighted by Gasteiger charge is 2.34. The van der Waals surface area contributed by atoms with E-state index in [9.17, 15) is 9.90 Å². The van der Waals surface area contributed by atoms with E-state index < -0.39 is 6.04 Å². The van der Waals surface area contributed by atoms with Crippen LogP contribution in [0.3, 0.4) is 0 Å². The van der Waals surface area contributed by atoms with E-state index in [0.717, 1.165) is 11.1 Å². The van der Waals surface area contributed by atoms with Gasteiger partial charge in [-0.1, -0.05) is 41.9 Å². The van der Waals surface area contributed by atoms with Crippen molar-refractivity contribution in [3.63, 3.8) is 0 Å². The zero-order valence-electron chi connectivity index (χ0n) is 17.7. The standard InChI is InChI=1S/C25H20ClN5O2/c1-15-21(24(33)28-19-5-3-2-4-6-19)22(16-9-13-20(32)14-10-16)31-25(27-15)29-23(30-31)17-7-11-18(26)12-8-17/h2-14,22,32H,1H3,(H,28,33)(H,27,29,30)/t22-/m1/s1. The molecule has 0 radical (unpaired) electrons. The highest BCUT2D eigenvalue weighted by atomic mass is 35.5. The van der Waals surface area contributed by atoms with Gasteiger partial charge in [-0.2, -0.15) is 4.98 Å². The van der Waals surface area contributed by atoms with Crippen LogP contribution in [0.4, 0.5) is 11.6 Å². The second-order valence-corrected chi connectivity index (χ2v) is 8.12. The Balaban J connectivity index is 1.60. The molecule has 164 valence electrons. The first-order valence-electron chi connectivity index (χ1n) is 10.4. The predicted molar refractivity (Wildman–Crippen MR) is 128 cm³/mol. The molecule has 5 rings (SSSR count). The summed E-state index contributed by atoms with van der Waals surface area (Å²) in [6.45, 7) is 1.84. The number of nitrogens with zero attached hydrogens (tertiary/aromatic N) is 3. The molecule has 1 atom stereocenters. The number of phenols is 1. The first kappa shape index (κ1) is 20.8. The van der Waals surface area contributed by atoms with Crippen LogP contribution >= 0.6 is 11.6 Å². The van der Waals surface area contributed by atoms with E-state index >= 15 is 0 Å². The third-order valence-corrected chi connectivity index (χ3v) is 5.69. The lowest BCUT2D eigenvalue weighted by Crippen LogP contribution is -2.31. The number of amides is 1. The Morgan fingerprint density at radius 3 is 2.42 bits per heavy atom. The molecule has 7 nitrogen and oxygen atoms in total. The largest absolute Gasteiger partial charge is 0.508 e. The van der Waals surface area contributed by atoms with E-state index in [1.807, 2.05) is 49.4 Å². The van der Waals surface area contributed by atoms with Crippen LogP contribution in [0.1, 0.15) is 18.5 Å². The van der Waals surface area contributed by atoms with Crippen molar-refractivity contribution in [2.45, 2.75) is 13.0 Å². The van der Waals surface area contributed by atoms with Crippen molar-refractivity contribution in [1.29, 1.82) is 0 Å². The molecule has 0 fully saturated rings. The van der Waals surface area contributed by atoms with Gasteiger partial charge in [0.25, 0.3) is 5.91 Å². The molecule has 1 amide bonds. The summed E-state index contributed by atoms with van der Waals surface area (Å²) in [5, 5.41) is 21.3. The number of phenolic OH excluding ortho intramolecular Hbond substituents is 1. The van der Waals surface area contributed by atoms with Gasteiger partial charge in [-0.05, 0) is 61.0 Å². The molecule has 0 saturated carbocycles. The van der Waals surface area contributed by atoms with Crippen LogP contribution in [0, 0.1) is 0 Å². The fraction of sp³-hybridized carbons (Fsp3) is 0.0800. The Kier molecular flexibility index (Phi) is 5.32. The van der Waals surface area contributed by atoms with E-state index in [4.69, 9.17) is 16.7 Å². The lowest BCUT2D eigenvalue weighted by atomic mass is 9.95. The molecule has 0 spiro atoms. The predicted octanol–water partition coefficient (Wildman–Crippen LogP) is 5.23. The number of nitrogens with one attached hydrogen (secondary N) is 2. The number of carbonyl (C=O) groups excluding carboxylic acids is 1. The monoisotopic (exact) mass is 457 g/mol. The van der Waals surface area contributed by atoms with E-state index in [1.54, 1.807) is 41.1 Å².